The van der Waals surface area contributed by atoms with Gasteiger partial charge in [-0.2, -0.15) is 28.1 Å². The number of aromatic nitrogens is 4. The molecular formula is C20H24F3N7O2. The van der Waals surface area contributed by atoms with E-state index in [0.717, 1.165) is 18.7 Å². The van der Waals surface area contributed by atoms with Gasteiger partial charge in [0.15, 0.2) is 5.82 Å². The van der Waals surface area contributed by atoms with Crippen molar-refractivity contribution in [2.75, 3.05) is 41.8 Å². The van der Waals surface area contributed by atoms with E-state index in [1.54, 1.807) is 0 Å². The predicted molar refractivity (Wildman–Crippen MR) is 110 cm³/mol. The summed E-state index contributed by atoms with van der Waals surface area (Å²) in [6.45, 7) is 6.06. The zero-order valence-corrected chi connectivity index (χ0v) is 17.7. The van der Waals surface area contributed by atoms with E-state index in [4.69, 9.17) is 15.2 Å². The Morgan fingerprint density at radius 1 is 1.06 bits per heavy atom. The molecule has 0 radical (unpaired) electrons. The fourth-order valence-electron chi connectivity index (χ4n) is 4.61. The Morgan fingerprint density at radius 3 is 2.41 bits per heavy atom. The van der Waals surface area contributed by atoms with Gasteiger partial charge in [0.2, 0.25) is 11.9 Å². The Hall–Kier alpha value is -2.73. The quantitative estimate of drug-likeness (QED) is 0.752. The highest BCUT2D eigenvalue weighted by atomic mass is 19.4. The first-order chi connectivity index (χ1) is 15.2. The Labute approximate surface area is 182 Å². The number of nitrogen functional groups attached to an aromatic ring is 1. The van der Waals surface area contributed by atoms with E-state index in [1.165, 1.54) is 0 Å². The second-order valence-corrected chi connectivity index (χ2v) is 8.57. The van der Waals surface area contributed by atoms with Crippen molar-refractivity contribution in [1.29, 1.82) is 0 Å². The molecule has 2 aromatic rings. The second-order valence-electron chi connectivity index (χ2n) is 8.57. The SMILES string of the molecule is C[C@@H]1CN(c2nc(-c3cnc(N)cc3C(F)(F)F)nc(N3C[C@H]4C[C@@H]3CO4)n2)C[C@H](C)O1. The van der Waals surface area contributed by atoms with Gasteiger partial charge in [-0.15, -0.1) is 0 Å². The Bertz CT molecular complexity index is 1010. The molecule has 3 fully saturated rings. The van der Waals surface area contributed by atoms with Gasteiger partial charge in [-0.3, -0.25) is 0 Å². The molecule has 0 unspecified atom stereocenters. The van der Waals surface area contributed by atoms with Crippen molar-refractivity contribution in [2.45, 2.75) is 50.8 Å². The largest absolute Gasteiger partial charge is 0.417 e. The Balaban J connectivity index is 1.62. The smallest absolute Gasteiger partial charge is 0.384 e. The summed E-state index contributed by atoms with van der Waals surface area (Å²) in [5.41, 5.74) is 4.38. The van der Waals surface area contributed by atoms with Crippen molar-refractivity contribution < 1.29 is 22.6 Å². The Morgan fingerprint density at radius 2 is 1.78 bits per heavy atom. The fourth-order valence-corrected chi connectivity index (χ4v) is 4.61. The molecule has 3 aliphatic heterocycles. The molecule has 3 aliphatic rings. The average molecular weight is 451 g/mol. The van der Waals surface area contributed by atoms with Crippen LogP contribution in [0.25, 0.3) is 11.4 Å². The molecular weight excluding hydrogens is 427 g/mol. The topological polar surface area (TPSA) is 103 Å². The van der Waals surface area contributed by atoms with Gasteiger partial charge in [0.25, 0.3) is 0 Å². The highest BCUT2D eigenvalue weighted by Gasteiger charge is 2.41. The molecule has 4 atom stereocenters. The standard InChI is InChI=1S/C20H24F3N7O2/c1-10-6-29(7-11(2)32-10)18-26-17(14-5-25-16(24)4-15(14)20(21,22)23)27-19(28-18)30-8-13-3-12(30)9-31-13/h4-5,10-13H,3,6-9H2,1-2H3,(H2,24,25)/t10-,11+,12-,13-/m1/s1. The molecule has 0 aliphatic carbocycles. The maximum absolute atomic E-state index is 13.8. The number of hydrogen-bond acceptors (Lipinski definition) is 9. The molecule has 12 heteroatoms. The molecule has 0 spiro atoms. The van der Waals surface area contributed by atoms with Crippen molar-refractivity contribution >= 4 is 17.7 Å². The minimum absolute atomic E-state index is 0.0671. The normalized spacial score (nSPS) is 27.9. The van der Waals surface area contributed by atoms with Gasteiger partial charge in [-0.05, 0) is 26.3 Å². The van der Waals surface area contributed by atoms with Crippen LogP contribution in [0.4, 0.5) is 30.9 Å². The molecule has 32 heavy (non-hydrogen) atoms. The van der Waals surface area contributed by atoms with Crippen LogP contribution in [0.3, 0.4) is 0 Å². The molecule has 3 saturated heterocycles. The maximum atomic E-state index is 13.8. The van der Waals surface area contributed by atoms with Crippen LogP contribution in [0, 0.1) is 0 Å². The van der Waals surface area contributed by atoms with Gasteiger partial charge in [0, 0.05) is 25.8 Å². The minimum atomic E-state index is -4.64. The zero-order chi connectivity index (χ0) is 22.6. The van der Waals surface area contributed by atoms with E-state index in [-0.39, 0.29) is 41.6 Å². The highest BCUT2D eigenvalue weighted by Crippen LogP contribution is 2.38. The number of nitrogens with two attached hydrogens (primary N) is 1. The van der Waals surface area contributed by atoms with Crippen molar-refractivity contribution in [2.24, 2.45) is 0 Å². The summed E-state index contributed by atoms with van der Waals surface area (Å²) >= 11 is 0. The number of pyridine rings is 1. The lowest BCUT2D eigenvalue weighted by Crippen LogP contribution is -2.46. The summed E-state index contributed by atoms with van der Waals surface area (Å²) in [6.07, 6.45) is -2.77. The molecule has 0 aromatic carbocycles. The van der Waals surface area contributed by atoms with Gasteiger partial charge < -0.3 is 25.0 Å². The number of halogens is 3. The molecule has 5 rings (SSSR count). The number of ether oxygens (including phenoxy) is 2. The first-order valence-electron chi connectivity index (χ1n) is 10.5. The van der Waals surface area contributed by atoms with Crippen LogP contribution in [-0.2, 0) is 15.7 Å². The van der Waals surface area contributed by atoms with E-state index in [0.29, 0.717) is 38.1 Å². The molecule has 5 heterocycles. The number of hydrogen-bond donors (Lipinski definition) is 1. The monoisotopic (exact) mass is 451 g/mol. The summed E-state index contributed by atoms with van der Waals surface area (Å²) in [5.74, 6) is 0.360. The van der Waals surface area contributed by atoms with Gasteiger partial charge in [0.05, 0.1) is 42.1 Å². The molecule has 2 N–H and O–H groups in total. The fraction of sp³-hybridized carbons (Fsp3) is 0.600. The third kappa shape index (κ3) is 3.92. The minimum Gasteiger partial charge on any atom is -0.384 e. The van der Waals surface area contributed by atoms with Crippen molar-refractivity contribution in [3.05, 3.63) is 17.8 Å². The number of morpholine rings is 2. The third-order valence-electron chi connectivity index (χ3n) is 5.94. The summed E-state index contributed by atoms with van der Waals surface area (Å²) < 4.78 is 52.8. The lowest BCUT2D eigenvalue weighted by molar-refractivity contribution is -0.137. The number of anilines is 3. The Kier molecular flexibility index (Phi) is 5.08. The lowest BCUT2D eigenvalue weighted by Gasteiger charge is -2.36. The molecule has 9 nitrogen and oxygen atoms in total. The molecule has 0 saturated carbocycles. The maximum Gasteiger partial charge on any atom is 0.417 e. The van der Waals surface area contributed by atoms with Gasteiger partial charge in [0.1, 0.15) is 5.82 Å². The first-order valence-corrected chi connectivity index (χ1v) is 10.5. The summed E-state index contributed by atoms with van der Waals surface area (Å²) in [7, 11) is 0. The number of rotatable bonds is 3. The lowest BCUT2D eigenvalue weighted by atomic mass is 10.1. The molecule has 0 amide bonds. The van der Waals surface area contributed by atoms with Crippen LogP contribution in [0.1, 0.15) is 25.8 Å². The van der Waals surface area contributed by atoms with Crippen LogP contribution in [0.5, 0.6) is 0 Å². The third-order valence-corrected chi connectivity index (χ3v) is 5.94. The molecule has 172 valence electrons. The average Bonchev–Trinajstić information content (AvgIpc) is 3.36. The van der Waals surface area contributed by atoms with Crippen molar-refractivity contribution in [3.8, 4) is 11.4 Å². The van der Waals surface area contributed by atoms with E-state index in [1.807, 2.05) is 23.6 Å². The first kappa shape index (κ1) is 21.1. The van der Waals surface area contributed by atoms with Crippen molar-refractivity contribution in [1.82, 2.24) is 19.9 Å². The van der Waals surface area contributed by atoms with Crippen molar-refractivity contribution in [3.63, 3.8) is 0 Å². The van der Waals surface area contributed by atoms with Crippen LogP contribution < -0.4 is 15.5 Å². The molecule has 2 bridgehead atoms. The number of fused-ring (bicyclic) bond motifs is 2. The van der Waals surface area contributed by atoms with Crippen LogP contribution in [0.15, 0.2) is 12.3 Å². The highest BCUT2D eigenvalue weighted by molar-refractivity contribution is 5.65. The van der Waals surface area contributed by atoms with Crippen LogP contribution >= 0.6 is 0 Å². The molecule has 2 aromatic heterocycles. The second kappa shape index (κ2) is 7.69. The predicted octanol–water partition coefficient (Wildman–Crippen LogP) is 2.13. The summed E-state index contributed by atoms with van der Waals surface area (Å²) in [6, 6.07) is 0.903. The zero-order valence-electron chi connectivity index (χ0n) is 17.7. The van der Waals surface area contributed by atoms with Gasteiger partial charge in [-0.1, -0.05) is 0 Å². The van der Waals surface area contributed by atoms with Gasteiger partial charge in [-0.25, -0.2) is 4.98 Å². The van der Waals surface area contributed by atoms with Gasteiger partial charge >= 0.3 is 6.18 Å². The van der Waals surface area contributed by atoms with E-state index in [9.17, 15) is 13.2 Å². The summed E-state index contributed by atoms with van der Waals surface area (Å²) in [4.78, 5) is 21.3. The van der Waals surface area contributed by atoms with E-state index in [2.05, 4.69) is 19.9 Å². The van der Waals surface area contributed by atoms with Crippen LogP contribution in [0.2, 0.25) is 0 Å². The summed E-state index contributed by atoms with van der Waals surface area (Å²) in [5, 5.41) is 0. The number of nitrogens with zero attached hydrogens (tertiary/aromatic N) is 6. The number of alkyl halides is 3. The van der Waals surface area contributed by atoms with E-state index < -0.39 is 11.7 Å². The van der Waals surface area contributed by atoms with Crippen LogP contribution in [-0.4, -0.2) is 70.5 Å². The van der Waals surface area contributed by atoms with E-state index >= 15 is 0 Å².